The second-order valence-electron chi connectivity index (χ2n) is 3.66. The van der Waals surface area contributed by atoms with Crippen molar-refractivity contribution in [3.05, 3.63) is 47.7 Å². The van der Waals surface area contributed by atoms with Gasteiger partial charge in [-0.3, -0.25) is 9.78 Å². The van der Waals surface area contributed by atoms with Crippen LogP contribution in [-0.4, -0.2) is 27.0 Å². The fraction of sp³-hybridized carbons (Fsp3) is 0. The van der Waals surface area contributed by atoms with Gasteiger partial charge in [-0.15, -0.1) is 0 Å². The summed E-state index contributed by atoms with van der Waals surface area (Å²) in [7, 11) is 0. The van der Waals surface area contributed by atoms with Gasteiger partial charge in [-0.25, -0.2) is 14.2 Å². The van der Waals surface area contributed by atoms with E-state index in [9.17, 15) is 14.0 Å². The number of nitrogens with two attached hydrogens (primary N) is 1. The number of carbonyl (C=O) groups excluding carboxylic acids is 1. The van der Waals surface area contributed by atoms with Crippen molar-refractivity contribution in [1.29, 1.82) is 0 Å². The summed E-state index contributed by atoms with van der Waals surface area (Å²) in [6.45, 7) is 0. The smallest absolute Gasteiger partial charge is 0.356 e. The van der Waals surface area contributed by atoms with Crippen molar-refractivity contribution in [1.82, 2.24) is 9.97 Å². The quantitative estimate of drug-likeness (QED) is 0.867. The number of carbonyl (C=O) groups is 2. The number of carboxylic acid groups (broad SMARTS) is 1. The number of carboxylic acids is 1. The first-order chi connectivity index (χ1) is 9.47. The molecule has 0 bridgehead atoms. The molecule has 20 heavy (non-hydrogen) atoms. The number of halogens is 1. The van der Waals surface area contributed by atoms with Gasteiger partial charge in [0.15, 0.2) is 5.69 Å². The van der Waals surface area contributed by atoms with E-state index in [1.54, 1.807) is 0 Å². The lowest BCUT2D eigenvalue weighted by Crippen LogP contribution is -2.12. The molecule has 0 fully saturated rings. The zero-order valence-corrected chi connectivity index (χ0v) is 9.91. The lowest BCUT2D eigenvalue weighted by Gasteiger charge is -2.06. The number of primary amides is 1. The summed E-state index contributed by atoms with van der Waals surface area (Å²) < 4.78 is 18.7. The van der Waals surface area contributed by atoms with Crippen molar-refractivity contribution < 1.29 is 23.8 Å². The molecule has 0 aliphatic carbocycles. The van der Waals surface area contributed by atoms with Gasteiger partial charge in [-0.05, 0) is 12.1 Å². The summed E-state index contributed by atoms with van der Waals surface area (Å²) in [5.41, 5.74) is 4.38. The monoisotopic (exact) mass is 277 g/mol. The molecule has 0 radical (unpaired) electrons. The third-order valence-electron chi connectivity index (χ3n) is 2.26. The SMILES string of the molecule is NC(=O)c1ccc(Oc2cncc(C(=O)O)n2)cc1F. The van der Waals surface area contributed by atoms with Crippen LogP contribution in [0.2, 0.25) is 0 Å². The van der Waals surface area contributed by atoms with Gasteiger partial charge in [0.05, 0.1) is 18.0 Å². The minimum absolute atomic E-state index is 0.0318. The fourth-order valence-corrected chi connectivity index (χ4v) is 1.38. The molecule has 102 valence electrons. The lowest BCUT2D eigenvalue weighted by atomic mass is 10.2. The molecule has 0 aliphatic heterocycles. The Bertz CT molecular complexity index is 690. The molecule has 0 aliphatic rings. The molecular formula is C12H8FN3O4. The number of aromatic carboxylic acids is 1. The largest absolute Gasteiger partial charge is 0.476 e. The van der Waals surface area contributed by atoms with Crippen LogP contribution in [-0.2, 0) is 0 Å². The van der Waals surface area contributed by atoms with Gasteiger partial charge in [0.25, 0.3) is 5.91 Å². The average molecular weight is 277 g/mol. The Kier molecular flexibility index (Phi) is 3.56. The fourth-order valence-electron chi connectivity index (χ4n) is 1.38. The third-order valence-corrected chi connectivity index (χ3v) is 2.26. The molecule has 2 aromatic rings. The molecule has 2 rings (SSSR count). The van der Waals surface area contributed by atoms with Crippen LogP contribution < -0.4 is 10.5 Å². The summed E-state index contributed by atoms with van der Waals surface area (Å²) in [5, 5.41) is 8.75. The number of nitrogens with zero attached hydrogens (tertiary/aromatic N) is 2. The number of hydrogen-bond donors (Lipinski definition) is 2. The zero-order chi connectivity index (χ0) is 14.7. The number of ether oxygens (including phenoxy) is 1. The van der Waals surface area contributed by atoms with E-state index < -0.39 is 17.7 Å². The van der Waals surface area contributed by atoms with E-state index in [1.165, 1.54) is 12.3 Å². The minimum atomic E-state index is -1.27. The van der Waals surface area contributed by atoms with Crippen LogP contribution in [0.25, 0.3) is 0 Å². The van der Waals surface area contributed by atoms with E-state index in [2.05, 4.69) is 9.97 Å². The molecule has 0 spiro atoms. The normalized spacial score (nSPS) is 10.1. The Balaban J connectivity index is 2.26. The summed E-state index contributed by atoms with van der Waals surface area (Å²) in [6.07, 6.45) is 2.22. The van der Waals surface area contributed by atoms with Crippen LogP contribution in [0.15, 0.2) is 30.6 Å². The third kappa shape index (κ3) is 2.86. The second kappa shape index (κ2) is 5.31. The van der Waals surface area contributed by atoms with Crippen molar-refractivity contribution in [2.45, 2.75) is 0 Å². The number of hydrogen-bond acceptors (Lipinski definition) is 5. The number of rotatable bonds is 4. The average Bonchev–Trinajstić information content (AvgIpc) is 2.38. The van der Waals surface area contributed by atoms with Crippen LogP contribution in [0.1, 0.15) is 20.8 Å². The van der Waals surface area contributed by atoms with Gasteiger partial charge in [-0.2, -0.15) is 0 Å². The van der Waals surface area contributed by atoms with E-state index >= 15 is 0 Å². The summed E-state index contributed by atoms with van der Waals surface area (Å²) in [5.74, 6) is -3.10. The molecule has 1 aromatic carbocycles. The van der Waals surface area contributed by atoms with Gasteiger partial charge in [0.1, 0.15) is 11.6 Å². The molecule has 8 heteroatoms. The highest BCUT2D eigenvalue weighted by molar-refractivity contribution is 5.93. The zero-order valence-electron chi connectivity index (χ0n) is 9.91. The van der Waals surface area contributed by atoms with Crippen molar-refractivity contribution in [3.8, 4) is 11.6 Å². The molecule has 0 atom stereocenters. The molecule has 1 aromatic heterocycles. The lowest BCUT2D eigenvalue weighted by molar-refractivity contribution is 0.0688. The van der Waals surface area contributed by atoms with Crippen LogP contribution in [0, 0.1) is 5.82 Å². The Morgan fingerprint density at radius 2 is 2.05 bits per heavy atom. The summed E-state index contributed by atoms with van der Waals surface area (Å²) >= 11 is 0. The maximum absolute atomic E-state index is 13.5. The first-order valence-corrected chi connectivity index (χ1v) is 5.30. The van der Waals surface area contributed by atoms with E-state index in [-0.39, 0.29) is 22.9 Å². The maximum atomic E-state index is 13.5. The van der Waals surface area contributed by atoms with E-state index in [0.717, 1.165) is 18.3 Å². The molecule has 0 saturated heterocycles. The van der Waals surface area contributed by atoms with Gasteiger partial charge in [-0.1, -0.05) is 0 Å². The summed E-state index contributed by atoms with van der Waals surface area (Å²) in [6, 6.07) is 3.40. The molecule has 0 unspecified atom stereocenters. The maximum Gasteiger partial charge on any atom is 0.356 e. The predicted octanol–water partition coefficient (Wildman–Crippen LogP) is 1.21. The van der Waals surface area contributed by atoms with Crippen LogP contribution in [0.3, 0.4) is 0 Å². The topological polar surface area (TPSA) is 115 Å². The van der Waals surface area contributed by atoms with Crippen molar-refractivity contribution >= 4 is 11.9 Å². The molecular weight excluding hydrogens is 269 g/mol. The Hall–Kier alpha value is -3.03. The van der Waals surface area contributed by atoms with Crippen molar-refractivity contribution in [2.75, 3.05) is 0 Å². The number of aromatic nitrogens is 2. The van der Waals surface area contributed by atoms with Crippen molar-refractivity contribution in [2.24, 2.45) is 5.73 Å². The van der Waals surface area contributed by atoms with E-state index in [4.69, 9.17) is 15.6 Å². The molecule has 1 amide bonds. The highest BCUT2D eigenvalue weighted by Crippen LogP contribution is 2.21. The van der Waals surface area contributed by atoms with Crippen LogP contribution in [0.5, 0.6) is 11.6 Å². The van der Waals surface area contributed by atoms with E-state index in [1.807, 2.05) is 0 Å². The van der Waals surface area contributed by atoms with Crippen LogP contribution >= 0.6 is 0 Å². The van der Waals surface area contributed by atoms with Gasteiger partial charge < -0.3 is 15.6 Å². The highest BCUT2D eigenvalue weighted by Gasteiger charge is 2.11. The van der Waals surface area contributed by atoms with Gasteiger partial charge in [0, 0.05) is 6.07 Å². The summed E-state index contributed by atoms with van der Waals surface area (Å²) in [4.78, 5) is 28.9. The molecule has 0 saturated carbocycles. The Labute approximate surface area is 111 Å². The van der Waals surface area contributed by atoms with Crippen LogP contribution in [0.4, 0.5) is 4.39 Å². The molecule has 7 nitrogen and oxygen atoms in total. The molecule has 3 N–H and O–H groups in total. The highest BCUT2D eigenvalue weighted by atomic mass is 19.1. The van der Waals surface area contributed by atoms with Gasteiger partial charge in [0.2, 0.25) is 5.88 Å². The number of amides is 1. The van der Waals surface area contributed by atoms with E-state index in [0.29, 0.717) is 0 Å². The minimum Gasteiger partial charge on any atom is -0.476 e. The molecule has 1 heterocycles. The first kappa shape index (κ1) is 13.4. The van der Waals surface area contributed by atoms with Gasteiger partial charge >= 0.3 is 5.97 Å². The van der Waals surface area contributed by atoms with Crippen molar-refractivity contribution in [3.63, 3.8) is 0 Å². The predicted molar refractivity (Wildman–Crippen MR) is 64.0 cm³/mol. The standard InChI is InChI=1S/C12H8FN3O4/c13-8-3-6(1-2-7(8)11(14)17)20-10-5-15-4-9(16-10)12(18)19/h1-5H,(H2,14,17)(H,18,19). The Morgan fingerprint density at radius 1 is 1.30 bits per heavy atom. The second-order valence-corrected chi connectivity index (χ2v) is 3.66. The first-order valence-electron chi connectivity index (χ1n) is 5.30. The Morgan fingerprint density at radius 3 is 2.65 bits per heavy atom. The number of benzene rings is 1.